The number of Topliss-reactive ketones (excluding diaryl/α,β-unsaturated/α-hetero) is 1. The van der Waals surface area contributed by atoms with E-state index in [4.69, 9.17) is 16.6 Å². The van der Waals surface area contributed by atoms with Crippen LogP contribution in [-0.4, -0.2) is 33.4 Å². The molecule has 1 saturated carbocycles. The van der Waals surface area contributed by atoms with Crippen LogP contribution in [0.2, 0.25) is 0 Å². The van der Waals surface area contributed by atoms with E-state index in [2.05, 4.69) is 4.98 Å². The molecule has 2 rings (SSSR count). The lowest BCUT2D eigenvalue weighted by molar-refractivity contribution is -0.139. The molecule has 0 aromatic carbocycles. The van der Waals surface area contributed by atoms with Gasteiger partial charge in [-0.2, -0.15) is 0 Å². The number of hydrogen-bond acceptors (Lipinski definition) is 5. The van der Waals surface area contributed by atoms with Gasteiger partial charge in [-0.05, 0) is 31.4 Å². The van der Waals surface area contributed by atoms with Gasteiger partial charge in [-0.25, -0.2) is 0 Å². The first-order valence-corrected chi connectivity index (χ1v) is 7.15. The Morgan fingerprint density at radius 2 is 2.05 bits per heavy atom. The molecule has 1 aliphatic carbocycles. The molecular weight excluding hydrogens is 270 g/mol. The molecule has 0 bridgehead atoms. The lowest BCUT2D eigenvalue weighted by Gasteiger charge is -2.41. The third-order valence-electron chi connectivity index (χ3n) is 4.28. The monoisotopic (exact) mass is 291 g/mol. The Kier molecular flexibility index (Phi) is 4.69. The summed E-state index contributed by atoms with van der Waals surface area (Å²) in [7, 11) is 0. The van der Waals surface area contributed by atoms with Crippen LogP contribution in [0, 0.1) is 5.92 Å². The standard InChI is InChI=1S/C15H21N3O3/c16-12(14(20)21)9-15(17)6-2-1-3-11(15)13(19)10-4-7-18-8-5-10/h4-5,7-8,11-12H,1-3,6,9,16-17H2,(H,20,21)/t11?,12-,15?/m0/s1. The second-order valence-electron chi connectivity index (χ2n) is 5.78. The van der Waals surface area contributed by atoms with Gasteiger partial charge in [0.05, 0.1) is 0 Å². The predicted molar refractivity (Wildman–Crippen MR) is 77.7 cm³/mol. The summed E-state index contributed by atoms with van der Waals surface area (Å²) in [5.41, 5.74) is 11.7. The first-order valence-electron chi connectivity index (χ1n) is 7.15. The van der Waals surface area contributed by atoms with Crippen LogP contribution in [0.15, 0.2) is 24.5 Å². The Labute approximate surface area is 123 Å². The van der Waals surface area contributed by atoms with Gasteiger partial charge < -0.3 is 16.6 Å². The number of rotatable bonds is 5. The van der Waals surface area contributed by atoms with Gasteiger partial charge in [-0.15, -0.1) is 0 Å². The third kappa shape index (κ3) is 3.46. The summed E-state index contributed by atoms with van der Waals surface area (Å²) in [5.74, 6) is -1.52. The summed E-state index contributed by atoms with van der Waals surface area (Å²) in [5, 5.41) is 9.00. The number of carbonyl (C=O) groups is 2. The van der Waals surface area contributed by atoms with Crippen LogP contribution in [0.25, 0.3) is 0 Å². The smallest absolute Gasteiger partial charge is 0.320 e. The van der Waals surface area contributed by atoms with Crippen molar-refractivity contribution in [2.24, 2.45) is 17.4 Å². The highest BCUT2D eigenvalue weighted by molar-refractivity contribution is 5.98. The zero-order chi connectivity index (χ0) is 15.5. The maximum absolute atomic E-state index is 12.7. The summed E-state index contributed by atoms with van der Waals surface area (Å²) in [6.07, 6.45) is 6.35. The third-order valence-corrected chi connectivity index (χ3v) is 4.28. The normalized spacial score (nSPS) is 27.0. The molecular formula is C15H21N3O3. The Bertz CT molecular complexity index is 520. The van der Waals surface area contributed by atoms with Crippen LogP contribution < -0.4 is 11.5 Å². The van der Waals surface area contributed by atoms with Gasteiger partial charge in [0, 0.05) is 29.4 Å². The van der Waals surface area contributed by atoms with E-state index in [0.717, 1.165) is 12.8 Å². The highest BCUT2D eigenvalue weighted by atomic mass is 16.4. The van der Waals surface area contributed by atoms with Gasteiger partial charge in [-0.1, -0.05) is 12.8 Å². The maximum Gasteiger partial charge on any atom is 0.320 e. The number of nitrogens with two attached hydrogens (primary N) is 2. The molecule has 0 amide bonds. The SMILES string of the molecule is N[C@@H](CC1(N)CCCCC1C(=O)c1ccncc1)C(=O)O. The van der Waals surface area contributed by atoms with Gasteiger partial charge in [0.15, 0.2) is 5.78 Å². The number of carboxylic acid groups (broad SMARTS) is 1. The highest BCUT2D eigenvalue weighted by Crippen LogP contribution is 2.37. The average Bonchev–Trinajstić information content (AvgIpc) is 2.47. The van der Waals surface area contributed by atoms with Crippen molar-refractivity contribution in [3.63, 3.8) is 0 Å². The Morgan fingerprint density at radius 1 is 1.38 bits per heavy atom. The number of carboxylic acids is 1. The molecule has 5 N–H and O–H groups in total. The van der Waals surface area contributed by atoms with Crippen LogP contribution in [0.1, 0.15) is 42.5 Å². The molecule has 1 fully saturated rings. The Morgan fingerprint density at radius 3 is 2.67 bits per heavy atom. The van der Waals surface area contributed by atoms with Crippen molar-refractivity contribution >= 4 is 11.8 Å². The predicted octanol–water partition coefficient (Wildman–Crippen LogP) is 0.954. The van der Waals surface area contributed by atoms with Gasteiger partial charge >= 0.3 is 5.97 Å². The topological polar surface area (TPSA) is 119 Å². The Balaban J connectivity index is 2.22. The van der Waals surface area contributed by atoms with Crippen LogP contribution in [-0.2, 0) is 4.79 Å². The van der Waals surface area contributed by atoms with Crippen LogP contribution in [0.5, 0.6) is 0 Å². The molecule has 0 spiro atoms. The molecule has 6 heteroatoms. The zero-order valence-electron chi connectivity index (χ0n) is 11.9. The van der Waals surface area contributed by atoms with Crippen molar-refractivity contribution in [1.29, 1.82) is 0 Å². The van der Waals surface area contributed by atoms with Crippen molar-refractivity contribution in [1.82, 2.24) is 4.98 Å². The number of aromatic nitrogens is 1. The minimum Gasteiger partial charge on any atom is -0.480 e. The van der Waals surface area contributed by atoms with Crippen LogP contribution >= 0.6 is 0 Å². The molecule has 1 aliphatic rings. The van der Waals surface area contributed by atoms with Crippen molar-refractivity contribution in [2.45, 2.75) is 43.7 Å². The largest absolute Gasteiger partial charge is 0.480 e. The van der Waals surface area contributed by atoms with Crippen molar-refractivity contribution in [3.05, 3.63) is 30.1 Å². The number of ketones is 1. The minimum atomic E-state index is -1.08. The highest BCUT2D eigenvalue weighted by Gasteiger charge is 2.43. The van der Waals surface area contributed by atoms with Crippen LogP contribution in [0.4, 0.5) is 0 Å². The van der Waals surface area contributed by atoms with Crippen LogP contribution in [0.3, 0.4) is 0 Å². The number of nitrogens with zero attached hydrogens (tertiary/aromatic N) is 1. The summed E-state index contributed by atoms with van der Waals surface area (Å²) in [4.78, 5) is 27.6. The zero-order valence-corrected chi connectivity index (χ0v) is 11.9. The van der Waals surface area contributed by atoms with E-state index < -0.39 is 17.6 Å². The fraction of sp³-hybridized carbons (Fsp3) is 0.533. The molecule has 1 aromatic heterocycles. The van der Waals surface area contributed by atoms with E-state index in [9.17, 15) is 9.59 Å². The van der Waals surface area contributed by atoms with E-state index in [1.54, 1.807) is 24.5 Å². The molecule has 0 saturated heterocycles. The second kappa shape index (κ2) is 6.32. The maximum atomic E-state index is 12.7. The lowest BCUT2D eigenvalue weighted by Crippen LogP contribution is -2.56. The average molecular weight is 291 g/mol. The quantitative estimate of drug-likeness (QED) is 0.695. The summed E-state index contributed by atoms with van der Waals surface area (Å²) in [6, 6.07) is 2.28. The van der Waals surface area contributed by atoms with E-state index >= 15 is 0 Å². The molecule has 114 valence electrons. The summed E-state index contributed by atoms with van der Waals surface area (Å²) >= 11 is 0. The molecule has 2 unspecified atom stereocenters. The fourth-order valence-corrected chi connectivity index (χ4v) is 3.11. The fourth-order valence-electron chi connectivity index (χ4n) is 3.11. The van der Waals surface area contributed by atoms with Crippen molar-refractivity contribution < 1.29 is 14.7 Å². The first kappa shape index (κ1) is 15.6. The van der Waals surface area contributed by atoms with E-state index in [1.165, 1.54) is 0 Å². The van der Waals surface area contributed by atoms with E-state index in [0.29, 0.717) is 18.4 Å². The minimum absolute atomic E-state index is 0.0443. The second-order valence-corrected chi connectivity index (χ2v) is 5.78. The lowest BCUT2D eigenvalue weighted by atomic mass is 9.67. The van der Waals surface area contributed by atoms with Gasteiger partial charge in [0.2, 0.25) is 0 Å². The van der Waals surface area contributed by atoms with Crippen molar-refractivity contribution in [2.75, 3.05) is 0 Å². The number of pyridine rings is 1. The summed E-state index contributed by atoms with van der Waals surface area (Å²) in [6.45, 7) is 0. The van der Waals surface area contributed by atoms with Gasteiger partial charge in [0.1, 0.15) is 6.04 Å². The number of hydrogen-bond donors (Lipinski definition) is 3. The number of carbonyl (C=O) groups excluding carboxylic acids is 1. The van der Waals surface area contributed by atoms with Gasteiger partial charge in [-0.3, -0.25) is 14.6 Å². The van der Waals surface area contributed by atoms with Crippen molar-refractivity contribution in [3.8, 4) is 0 Å². The molecule has 0 aliphatic heterocycles. The molecule has 0 radical (unpaired) electrons. The van der Waals surface area contributed by atoms with E-state index in [-0.39, 0.29) is 18.1 Å². The molecule has 1 heterocycles. The Hall–Kier alpha value is -1.79. The molecule has 3 atom stereocenters. The molecule has 1 aromatic rings. The molecule has 6 nitrogen and oxygen atoms in total. The van der Waals surface area contributed by atoms with E-state index in [1.807, 2.05) is 0 Å². The first-order chi connectivity index (χ1) is 9.94. The summed E-state index contributed by atoms with van der Waals surface area (Å²) < 4.78 is 0. The number of aliphatic carboxylic acids is 1. The van der Waals surface area contributed by atoms with Gasteiger partial charge in [0.25, 0.3) is 0 Å². The molecule has 21 heavy (non-hydrogen) atoms.